The minimum Gasteiger partial charge on any atom is -0.278 e. The Morgan fingerprint density at radius 3 is 1.55 bits per heavy atom. The van der Waals surface area contributed by atoms with Crippen LogP contribution in [0.4, 0.5) is 0 Å². The predicted molar refractivity (Wildman–Crippen MR) is 239 cm³/mol. The van der Waals surface area contributed by atoms with Gasteiger partial charge in [-0.1, -0.05) is 166 Å². The number of nitrogens with zero attached hydrogens (tertiary/aromatic N) is 4. The summed E-state index contributed by atoms with van der Waals surface area (Å²) in [5.41, 5.74) is 16.0. The average molecular weight is 743 g/mol. The summed E-state index contributed by atoms with van der Waals surface area (Å²) in [5.74, 6) is 1.84. The monoisotopic (exact) mass is 742 g/mol. The summed E-state index contributed by atoms with van der Waals surface area (Å²) in [5, 5.41) is 2.35. The molecule has 0 radical (unpaired) electrons. The molecule has 0 saturated heterocycles. The zero-order chi connectivity index (χ0) is 38.8. The fourth-order valence-corrected chi connectivity index (χ4v) is 8.92. The molecule has 0 aliphatic heterocycles. The van der Waals surface area contributed by atoms with Gasteiger partial charge in [-0.25, -0.2) is 4.98 Å². The maximum absolute atomic E-state index is 5.35. The first-order chi connectivity index (χ1) is 28.5. The third kappa shape index (κ3) is 5.56. The summed E-state index contributed by atoms with van der Waals surface area (Å²) < 4.78 is 2.24. The van der Waals surface area contributed by atoms with Crippen molar-refractivity contribution in [2.45, 2.75) is 19.3 Å². The maximum atomic E-state index is 5.35. The number of para-hydroxylation sites is 1. The van der Waals surface area contributed by atoms with Crippen LogP contribution in [-0.4, -0.2) is 19.5 Å². The molecule has 0 saturated carbocycles. The van der Waals surface area contributed by atoms with Gasteiger partial charge in [-0.2, -0.15) is 9.97 Å². The molecular formula is C54H38N4. The molecule has 8 aromatic carbocycles. The first kappa shape index (κ1) is 33.9. The lowest BCUT2D eigenvalue weighted by atomic mass is 9.82. The van der Waals surface area contributed by atoms with Gasteiger partial charge < -0.3 is 0 Å². The van der Waals surface area contributed by atoms with Crippen LogP contribution < -0.4 is 0 Å². The molecule has 58 heavy (non-hydrogen) atoms. The molecule has 0 fully saturated rings. The van der Waals surface area contributed by atoms with Crippen molar-refractivity contribution in [3.8, 4) is 73.2 Å². The molecule has 0 unspecified atom stereocenters. The minimum atomic E-state index is -0.153. The Bertz CT molecular complexity index is 3120. The Morgan fingerprint density at radius 1 is 0.345 bits per heavy atom. The summed E-state index contributed by atoms with van der Waals surface area (Å²) in [4.78, 5) is 15.8. The number of rotatable bonds is 6. The molecule has 0 amide bonds. The van der Waals surface area contributed by atoms with Crippen molar-refractivity contribution in [1.82, 2.24) is 19.5 Å². The molecule has 10 aromatic rings. The van der Waals surface area contributed by atoms with E-state index in [9.17, 15) is 0 Å². The van der Waals surface area contributed by atoms with E-state index < -0.39 is 0 Å². The van der Waals surface area contributed by atoms with Crippen LogP contribution >= 0.6 is 0 Å². The van der Waals surface area contributed by atoms with E-state index in [0.29, 0.717) is 17.6 Å². The third-order valence-corrected chi connectivity index (χ3v) is 11.8. The number of hydrogen-bond donors (Lipinski definition) is 0. The molecule has 0 bridgehead atoms. The van der Waals surface area contributed by atoms with Crippen molar-refractivity contribution < 1.29 is 0 Å². The van der Waals surface area contributed by atoms with Gasteiger partial charge in [-0.05, 0) is 98.1 Å². The molecule has 4 nitrogen and oxygen atoms in total. The van der Waals surface area contributed by atoms with Crippen molar-refractivity contribution in [1.29, 1.82) is 0 Å². The normalized spacial score (nSPS) is 12.8. The summed E-state index contributed by atoms with van der Waals surface area (Å²) >= 11 is 0. The molecule has 2 heterocycles. The number of aromatic nitrogens is 4. The highest BCUT2D eigenvalue weighted by atomic mass is 15.2. The number of benzene rings is 8. The van der Waals surface area contributed by atoms with Gasteiger partial charge in [0.25, 0.3) is 0 Å². The van der Waals surface area contributed by atoms with E-state index >= 15 is 0 Å². The summed E-state index contributed by atoms with van der Waals surface area (Å²) in [7, 11) is 0. The van der Waals surface area contributed by atoms with E-state index in [4.69, 9.17) is 15.0 Å². The largest absolute Gasteiger partial charge is 0.278 e. The maximum Gasteiger partial charge on any atom is 0.238 e. The van der Waals surface area contributed by atoms with Crippen molar-refractivity contribution in [3.63, 3.8) is 0 Å². The molecule has 1 aliphatic rings. The number of fused-ring (bicyclic) bond motifs is 6. The second-order valence-corrected chi connectivity index (χ2v) is 15.7. The Morgan fingerprint density at radius 2 is 0.862 bits per heavy atom. The molecular weight excluding hydrogens is 705 g/mol. The average Bonchev–Trinajstić information content (AvgIpc) is 3.74. The van der Waals surface area contributed by atoms with Gasteiger partial charge >= 0.3 is 0 Å². The van der Waals surface area contributed by atoms with Crippen LogP contribution in [0, 0.1) is 0 Å². The summed E-state index contributed by atoms with van der Waals surface area (Å²) in [6.07, 6.45) is 0. The lowest BCUT2D eigenvalue weighted by Crippen LogP contribution is -2.15. The van der Waals surface area contributed by atoms with Crippen LogP contribution in [0.3, 0.4) is 0 Å². The second-order valence-electron chi connectivity index (χ2n) is 15.7. The van der Waals surface area contributed by atoms with Crippen molar-refractivity contribution in [2.75, 3.05) is 0 Å². The summed E-state index contributed by atoms with van der Waals surface area (Å²) in [6, 6.07) is 69.1. The van der Waals surface area contributed by atoms with Gasteiger partial charge in [0.05, 0.1) is 11.0 Å². The molecule has 4 heteroatoms. The highest BCUT2D eigenvalue weighted by Gasteiger charge is 2.36. The lowest BCUT2D eigenvalue weighted by Gasteiger charge is -2.21. The fraction of sp³-hybridized carbons (Fsp3) is 0.0556. The first-order valence-corrected chi connectivity index (χ1v) is 19.9. The Balaban J connectivity index is 1.12. The molecule has 0 N–H and O–H groups in total. The van der Waals surface area contributed by atoms with Gasteiger partial charge in [0.2, 0.25) is 5.95 Å². The molecule has 1 aliphatic carbocycles. The van der Waals surface area contributed by atoms with E-state index in [1.807, 2.05) is 18.2 Å². The smallest absolute Gasteiger partial charge is 0.238 e. The zero-order valence-corrected chi connectivity index (χ0v) is 32.3. The second kappa shape index (κ2) is 13.4. The van der Waals surface area contributed by atoms with Gasteiger partial charge in [0.1, 0.15) is 0 Å². The van der Waals surface area contributed by atoms with Gasteiger partial charge in [0, 0.05) is 27.3 Å². The quantitative estimate of drug-likeness (QED) is 0.170. The van der Waals surface area contributed by atoms with Crippen molar-refractivity contribution in [3.05, 3.63) is 205 Å². The SMILES string of the molecule is CC1(C)c2ccccc2-c2cc3c4ccccc4n(-c4nc(-c5ccccc5)nc(-c5cccc(-c6cc(-c7ccccc7)cc(-c7ccccc7)c6)c5)n4)c3cc21. The highest BCUT2D eigenvalue weighted by molar-refractivity contribution is 6.11. The van der Waals surface area contributed by atoms with E-state index in [0.717, 1.165) is 33.3 Å². The zero-order valence-electron chi connectivity index (χ0n) is 32.3. The molecule has 274 valence electrons. The van der Waals surface area contributed by atoms with Gasteiger partial charge in [-0.15, -0.1) is 0 Å². The molecule has 0 spiro atoms. The fourth-order valence-electron chi connectivity index (χ4n) is 8.92. The Hall–Kier alpha value is -7.43. The Kier molecular flexibility index (Phi) is 7.80. The van der Waals surface area contributed by atoms with Crippen LogP contribution in [0.2, 0.25) is 0 Å². The van der Waals surface area contributed by atoms with E-state index in [-0.39, 0.29) is 5.41 Å². The van der Waals surface area contributed by atoms with Crippen LogP contribution in [0.5, 0.6) is 0 Å². The molecule has 0 atom stereocenters. The lowest BCUT2D eigenvalue weighted by molar-refractivity contribution is 0.661. The van der Waals surface area contributed by atoms with Gasteiger partial charge in [0.15, 0.2) is 11.6 Å². The van der Waals surface area contributed by atoms with Gasteiger partial charge in [-0.3, -0.25) is 4.57 Å². The van der Waals surface area contributed by atoms with Crippen LogP contribution in [-0.2, 0) is 5.41 Å². The van der Waals surface area contributed by atoms with Crippen LogP contribution in [0.25, 0.3) is 95.0 Å². The Labute approximate surface area is 337 Å². The standard InChI is InChI=1S/C54H38N4/c1-54(2)47-27-14-12-25-43(47)45-33-46-44-26-13-15-28-49(44)58(50(46)34-48(45)54)53-56-51(37-21-10-5-11-22-37)55-52(57-53)39-24-16-23-38(29-39)42-31-40(35-17-6-3-7-18-35)30-41(32-42)36-19-8-4-9-20-36/h3-34H,1-2H3. The predicted octanol–water partition coefficient (Wildman–Crippen LogP) is 13.6. The van der Waals surface area contributed by atoms with E-state index in [1.165, 1.54) is 55.3 Å². The first-order valence-electron chi connectivity index (χ1n) is 19.9. The topological polar surface area (TPSA) is 43.6 Å². The number of hydrogen-bond acceptors (Lipinski definition) is 3. The molecule has 2 aromatic heterocycles. The third-order valence-electron chi connectivity index (χ3n) is 11.8. The van der Waals surface area contributed by atoms with Crippen LogP contribution in [0.15, 0.2) is 194 Å². The molecule has 11 rings (SSSR count). The van der Waals surface area contributed by atoms with Crippen molar-refractivity contribution in [2.24, 2.45) is 0 Å². The summed E-state index contributed by atoms with van der Waals surface area (Å²) in [6.45, 7) is 4.66. The van der Waals surface area contributed by atoms with Crippen LogP contribution in [0.1, 0.15) is 25.0 Å². The van der Waals surface area contributed by atoms with E-state index in [1.54, 1.807) is 0 Å². The minimum absolute atomic E-state index is 0.153. The van der Waals surface area contributed by atoms with Crippen molar-refractivity contribution >= 4 is 21.8 Å². The highest BCUT2D eigenvalue weighted by Crippen LogP contribution is 2.51. The van der Waals surface area contributed by atoms with E-state index in [2.05, 4.69) is 194 Å².